The van der Waals surface area contributed by atoms with Gasteiger partial charge in [0.15, 0.2) is 5.82 Å². The van der Waals surface area contributed by atoms with Crippen LogP contribution in [0.2, 0.25) is 5.02 Å². The number of nitrogens with one attached hydrogen (secondary N) is 1. The number of benzene rings is 1. The predicted molar refractivity (Wildman–Crippen MR) is 104 cm³/mol. The molecule has 1 amide bonds. The maximum absolute atomic E-state index is 13.2. The second-order valence-electron chi connectivity index (χ2n) is 6.98. The van der Waals surface area contributed by atoms with Gasteiger partial charge in [-0.1, -0.05) is 17.7 Å². The highest BCUT2D eigenvalue weighted by atomic mass is 35.5. The molecule has 0 aliphatic rings. The van der Waals surface area contributed by atoms with Crippen molar-refractivity contribution < 1.29 is 14.1 Å². The van der Waals surface area contributed by atoms with E-state index in [9.17, 15) is 19.3 Å². The third-order valence-electron chi connectivity index (χ3n) is 4.47. The third-order valence-corrected chi connectivity index (χ3v) is 4.82. The van der Waals surface area contributed by atoms with E-state index < -0.39 is 22.2 Å². The molecule has 0 aliphatic carbocycles. The van der Waals surface area contributed by atoms with Crippen LogP contribution in [0.25, 0.3) is 0 Å². The molecule has 2 heterocycles. The van der Waals surface area contributed by atoms with Crippen LogP contribution in [-0.4, -0.2) is 30.4 Å². The van der Waals surface area contributed by atoms with Crippen molar-refractivity contribution in [2.75, 3.05) is 5.32 Å². The van der Waals surface area contributed by atoms with E-state index in [2.05, 4.69) is 15.5 Å². The van der Waals surface area contributed by atoms with Gasteiger partial charge in [-0.05, 0) is 38.5 Å². The van der Waals surface area contributed by atoms with Crippen molar-refractivity contribution in [2.45, 2.75) is 32.9 Å². The average Bonchev–Trinajstić information content (AvgIpc) is 3.25. The van der Waals surface area contributed by atoms with E-state index in [0.29, 0.717) is 17.9 Å². The first-order valence-corrected chi connectivity index (χ1v) is 8.95. The summed E-state index contributed by atoms with van der Waals surface area (Å²) in [6.07, 6.45) is 2.28. The quantitative estimate of drug-likeness (QED) is 0.485. The van der Waals surface area contributed by atoms with E-state index >= 15 is 0 Å². The minimum absolute atomic E-state index is 0.206. The molecule has 0 aliphatic heterocycles. The zero-order valence-electron chi connectivity index (χ0n) is 15.9. The van der Waals surface area contributed by atoms with Crippen molar-refractivity contribution in [3.63, 3.8) is 0 Å². The molecule has 0 fully saturated rings. The molecule has 152 valence electrons. The number of nitro groups is 1. The highest BCUT2D eigenvalue weighted by Crippen LogP contribution is 2.22. The van der Waals surface area contributed by atoms with Gasteiger partial charge in [0.25, 0.3) is 5.91 Å². The van der Waals surface area contributed by atoms with E-state index in [1.165, 1.54) is 23.0 Å². The number of halogens is 2. The van der Waals surface area contributed by atoms with Gasteiger partial charge in [0.05, 0.1) is 11.5 Å². The van der Waals surface area contributed by atoms with Gasteiger partial charge < -0.3 is 5.32 Å². The lowest BCUT2D eigenvalue weighted by Crippen LogP contribution is -2.40. The summed E-state index contributed by atoms with van der Waals surface area (Å²) >= 11 is 6.07. The molecular weight excluding hydrogens is 403 g/mol. The normalized spacial score (nSPS) is 11.5. The number of hydrogen-bond acceptors (Lipinski definition) is 5. The molecule has 0 radical (unpaired) electrons. The second-order valence-corrected chi connectivity index (χ2v) is 7.38. The van der Waals surface area contributed by atoms with Crippen molar-refractivity contribution >= 4 is 29.0 Å². The number of carbonyl (C=O) groups is 1. The molecule has 0 spiro atoms. The van der Waals surface area contributed by atoms with E-state index in [1.54, 1.807) is 30.7 Å². The monoisotopic (exact) mass is 420 g/mol. The van der Waals surface area contributed by atoms with Crippen LogP contribution in [0.3, 0.4) is 0 Å². The predicted octanol–water partition coefficient (Wildman–Crippen LogP) is 3.51. The second kappa shape index (κ2) is 7.63. The van der Waals surface area contributed by atoms with Crippen LogP contribution in [0.15, 0.2) is 36.7 Å². The van der Waals surface area contributed by atoms with Crippen molar-refractivity contribution in [1.29, 1.82) is 0 Å². The molecule has 1 N–H and O–H groups in total. The molecule has 3 rings (SSSR count). The summed E-state index contributed by atoms with van der Waals surface area (Å²) in [5, 5.41) is 22.1. The van der Waals surface area contributed by atoms with Crippen molar-refractivity contribution in [1.82, 2.24) is 19.6 Å². The Hall–Kier alpha value is -3.27. The zero-order chi connectivity index (χ0) is 21.3. The Labute approximate surface area is 170 Å². The van der Waals surface area contributed by atoms with E-state index in [0.717, 1.165) is 11.9 Å². The standard InChI is InChI=1S/C18H18ClFN6O3/c1-11-6-16(23-24(11)9-12-4-5-13(20)7-15(12)19)22-17(27)18(2,3)25-10-14(8-21-25)26(28)29/h4-8,10H,9H2,1-3H3,(H,22,23,27). The molecule has 9 nitrogen and oxygen atoms in total. The summed E-state index contributed by atoms with van der Waals surface area (Å²) < 4.78 is 16.1. The lowest BCUT2D eigenvalue weighted by molar-refractivity contribution is -0.385. The fraction of sp³-hybridized carbons (Fsp3) is 0.278. The maximum Gasteiger partial charge on any atom is 0.307 e. The maximum atomic E-state index is 13.2. The van der Waals surface area contributed by atoms with Gasteiger partial charge in [-0.2, -0.15) is 10.2 Å². The number of anilines is 1. The Kier molecular flexibility index (Phi) is 5.38. The SMILES string of the molecule is Cc1cc(NC(=O)C(C)(C)n2cc([N+](=O)[O-])cn2)nn1Cc1ccc(F)cc1Cl. The van der Waals surface area contributed by atoms with Crippen LogP contribution >= 0.6 is 11.6 Å². The first-order valence-electron chi connectivity index (χ1n) is 8.57. The van der Waals surface area contributed by atoms with Gasteiger partial charge in [-0.3, -0.25) is 24.3 Å². The van der Waals surface area contributed by atoms with Gasteiger partial charge in [-0.25, -0.2) is 4.39 Å². The van der Waals surface area contributed by atoms with Gasteiger partial charge in [0.2, 0.25) is 0 Å². The van der Waals surface area contributed by atoms with Crippen molar-refractivity contribution in [2.24, 2.45) is 0 Å². The Morgan fingerprint density at radius 2 is 2.10 bits per heavy atom. The summed E-state index contributed by atoms with van der Waals surface area (Å²) in [4.78, 5) is 23.0. The number of nitrogens with zero attached hydrogens (tertiary/aromatic N) is 5. The smallest absolute Gasteiger partial charge is 0.307 e. The number of rotatable bonds is 6. The number of aryl methyl sites for hydroxylation is 1. The summed E-state index contributed by atoms with van der Waals surface area (Å²) in [5.74, 6) is -0.564. The Balaban J connectivity index is 1.77. The summed E-state index contributed by atoms with van der Waals surface area (Å²) in [7, 11) is 0. The fourth-order valence-corrected chi connectivity index (χ4v) is 2.86. The molecule has 0 saturated heterocycles. The number of carbonyl (C=O) groups excluding carboxylic acids is 1. The topological polar surface area (TPSA) is 108 Å². The largest absolute Gasteiger partial charge is 0.307 e. The molecule has 29 heavy (non-hydrogen) atoms. The van der Waals surface area contributed by atoms with Gasteiger partial charge >= 0.3 is 5.69 Å². The van der Waals surface area contributed by atoms with Crippen LogP contribution in [0.1, 0.15) is 25.1 Å². The number of hydrogen-bond donors (Lipinski definition) is 1. The zero-order valence-corrected chi connectivity index (χ0v) is 16.6. The molecule has 0 bridgehead atoms. The third kappa shape index (κ3) is 4.27. The van der Waals surface area contributed by atoms with Gasteiger partial charge in [0, 0.05) is 16.8 Å². The highest BCUT2D eigenvalue weighted by Gasteiger charge is 2.32. The lowest BCUT2D eigenvalue weighted by Gasteiger charge is -2.23. The Morgan fingerprint density at radius 1 is 1.38 bits per heavy atom. The number of aromatic nitrogens is 4. The molecule has 0 saturated carbocycles. The first-order chi connectivity index (χ1) is 13.6. The highest BCUT2D eigenvalue weighted by molar-refractivity contribution is 6.31. The van der Waals surface area contributed by atoms with Crippen LogP contribution in [-0.2, 0) is 16.9 Å². The Bertz CT molecular complexity index is 1090. The van der Waals surface area contributed by atoms with Crippen LogP contribution in [0.5, 0.6) is 0 Å². The van der Waals surface area contributed by atoms with Crippen molar-refractivity contribution in [3.8, 4) is 0 Å². The molecule has 3 aromatic rings. The van der Waals surface area contributed by atoms with E-state index in [-0.39, 0.29) is 10.7 Å². The molecule has 1 aromatic carbocycles. The molecular formula is C18H18ClFN6O3. The van der Waals surface area contributed by atoms with Crippen LogP contribution in [0, 0.1) is 22.9 Å². The van der Waals surface area contributed by atoms with Crippen LogP contribution < -0.4 is 5.32 Å². The average molecular weight is 421 g/mol. The summed E-state index contributed by atoms with van der Waals surface area (Å²) in [6, 6.07) is 5.79. The summed E-state index contributed by atoms with van der Waals surface area (Å²) in [5.41, 5.74) is 0.0448. The minimum atomic E-state index is -1.19. The molecule has 11 heteroatoms. The number of amides is 1. The molecule has 0 atom stereocenters. The van der Waals surface area contributed by atoms with Gasteiger partial charge in [0.1, 0.15) is 23.7 Å². The van der Waals surface area contributed by atoms with E-state index in [1.807, 2.05) is 6.92 Å². The Morgan fingerprint density at radius 3 is 2.72 bits per heavy atom. The molecule has 0 unspecified atom stereocenters. The lowest BCUT2D eigenvalue weighted by atomic mass is 10.1. The van der Waals surface area contributed by atoms with Crippen LogP contribution in [0.4, 0.5) is 15.9 Å². The minimum Gasteiger partial charge on any atom is -0.307 e. The van der Waals surface area contributed by atoms with E-state index in [4.69, 9.17) is 11.6 Å². The molecule has 2 aromatic heterocycles. The van der Waals surface area contributed by atoms with Crippen molar-refractivity contribution in [3.05, 3.63) is 68.9 Å². The fourth-order valence-electron chi connectivity index (χ4n) is 2.63. The first kappa shape index (κ1) is 20.5. The van der Waals surface area contributed by atoms with Gasteiger partial charge in [-0.15, -0.1) is 0 Å². The summed E-state index contributed by atoms with van der Waals surface area (Å²) in [6.45, 7) is 5.28.